The quantitative estimate of drug-likeness (QED) is 0.512. The molecule has 5 nitrogen and oxygen atoms in total. The van der Waals surface area contributed by atoms with Crippen LogP contribution >= 0.6 is 0 Å². The van der Waals surface area contributed by atoms with Gasteiger partial charge in [-0.2, -0.15) is 5.26 Å². The van der Waals surface area contributed by atoms with Crippen LogP contribution in [0.5, 0.6) is 0 Å². The predicted octanol–water partition coefficient (Wildman–Crippen LogP) is 4.78. The number of allylic oxidation sites excluding steroid dienone is 1. The van der Waals surface area contributed by atoms with Gasteiger partial charge in [0.15, 0.2) is 20.7 Å². The predicted molar refractivity (Wildman–Crippen MR) is 120 cm³/mol. The van der Waals surface area contributed by atoms with Crippen LogP contribution in [0.1, 0.15) is 30.1 Å². The van der Waals surface area contributed by atoms with Gasteiger partial charge < -0.3 is 4.74 Å². The molecule has 32 heavy (non-hydrogen) atoms. The van der Waals surface area contributed by atoms with E-state index >= 15 is 0 Å². The van der Waals surface area contributed by atoms with E-state index in [0.717, 1.165) is 11.1 Å². The number of benzene rings is 3. The summed E-state index contributed by atoms with van der Waals surface area (Å²) < 4.78 is 30.6. The molecule has 0 saturated carbocycles. The van der Waals surface area contributed by atoms with Crippen molar-refractivity contribution in [2.45, 2.75) is 28.6 Å². The molecule has 1 atom stereocenters. The van der Waals surface area contributed by atoms with Crippen LogP contribution in [0.4, 0.5) is 0 Å². The lowest BCUT2D eigenvalue weighted by Gasteiger charge is -2.22. The van der Waals surface area contributed by atoms with E-state index in [4.69, 9.17) is 4.74 Å². The first-order valence-electron chi connectivity index (χ1n) is 10.2. The Morgan fingerprint density at radius 3 is 1.88 bits per heavy atom. The molecule has 0 spiro atoms. The number of rotatable bonds is 6. The van der Waals surface area contributed by atoms with Crippen molar-refractivity contribution in [3.05, 3.63) is 114 Å². The van der Waals surface area contributed by atoms with Gasteiger partial charge in [-0.3, -0.25) is 0 Å². The van der Waals surface area contributed by atoms with Crippen molar-refractivity contribution in [1.29, 1.82) is 5.26 Å². The molecule has 0 unspecified atom stereocenters. The van der Waals surface area contributed by atoms with Gasteiger partial charge in [-0.15, -0.1) is 0 Å². The number of hydrogen-bond acceptors (Lipinski definition) is 5. The van der Waals surface area contributed by atoms with Crippen molar-refractivity contribution in [3.8, 4) is 6.07 Å². The molecule has 0 N–H and O–H groups in total. The summed E-state index contributed by atoms with van der Waals surface area (Å²) in [4.78, 5) is 13.1. The number of esters is 1. The molecule has 1 aliphatic rings. The molecule has 0 saturated heterocycles. The summed E-state index contributed by atoms with van der Waals surface area (Å²) in [5.41, 5.74) is 1.80. The lowest BCUT2D eigenvalue weighted by molar-refractivity contribution is -0.142. The van der Waals surface area contributed by atoms with Gasteiger partial charge in [0.25, 0.3) is 0 Å². The fourth-order valence-corrected chi connectivity index (χ4v) is 5.57. The first-order valence-corrected chi connectivity index (χ1v) is 11.7. The molecule has 0 aromatic heterocycles. The molecule has 0 radical (unpaired) electrons. The van der Waals surface area contributed by atoms with Gasteiger partial charge in [0.05, 0.1) is 11.0 Å². The molecule has 0 amide bonds. The van der Waals surface area contributed by atoms with E-state index in [9.17, 15) is 18.5 Å². The average molecular weight is 444 g/mol. The third-order valence-electron chi connectivity index (χ3n) is 5.62. The molecule has 0 aliphatic heterocycles. The van der Waals surface area contributed by atoms with Gasteiger partial charge in [-0.05, 0) is 29.7 Å². The molecule has 0 heterocycles. The van der Waals surface area contributed by atoms with Crippen LogP contribution in [-0.2, 0) is 19.4 Å². The molecule has 0 bridgehead atoms. The van der Waals surface area contributed by atoms with Crippen LogP contribution in [0.2, 0.25) is 0 Å². The van der Waals surface area contributed by atoms with Gasteiger partial charge in [0.2, 0.25) is 0 Å². The number of sulfone groups is 1. The summed E-state index contributed by atoms with van der Waals surface area (Å²) in [6.45, 7) is 0. The summed E-state index contributed by atoms with van der Waals surface area (Å²) in [5.74, 6) is -0.622. The highest BCUT2D eigenvalue weighted by Gasteiger charge is 2.49. The van der Waals surface area contributed by atoms with E-state index in [1.165, 1.54) is 18.2 Å². The van der Waals surface area contributed by atoms with E-state index < -0.39 is 26.7 Å². The maximum absolute atomic E-state index is 13.2. The van der Waals surface area contributed by atoms with Gasteiger partial charge in [-0.25, -0.2) is 13.2 Å². The number of nitriles is 1. The van der Waals surface area contributed by atoms with Crippen molar-refractivity contribution in [3.63, 3.8) is 0 Å². The largest absolute Gasteiger partial charge is 0.449 e. The minimum atomic E-state index is -3.97. The first kappa shape index (κ1) is 21.5. The maximum atomic E-state index is 13.2. The highest BCUT2D eigenvalue weighted by molar-refractivity contribution is 7.93. The first-order chi connectivity index (χ1) is 15.5. The monoisotopic (exact) mass is 443 g/mol. The molecule has 160 valence electrons. The molecule has 3 aromatic carbocycles. The summed E-state index contributed by atoms with van der Waals surface area (Å²) in [5, 5.41) is 9.84. The van der Waals surface area contributed by atoms with Crippen molar-refractivity contribution < 1.29 is 17.9 Å². The Morgan fingerprint density at radius 1 is 0.875 bits per heavy atom. The topological polar surface area (TPSA) is 84.2 Å². The fraction of sp³-hybridized carbons (Fsp3) is 0.154. The number of hydrogen-bond donors (Lipinski definition) is 0. The zero-order valence-electron chi connectivity index (χ0n) is 17.2. The van der Waals surface area contributed by atoms with Gasteiger partial charge in [0.1, 0.15) is 0 Å². The van der Waals surface area contributed by atoms with Crippen LogP contribution in [0.3, 0.4) is 0 Å². The maximum Gasteiger partial charge on any atom is 0.334 e. The van der Waals surface area contributed by atoms with E-state index in [2.05, 4.69) is 0 Å². The third kappa shape index (κ3) is 3.95. The molecule has 0 fully saturated rings. The average Bonchev–Trinajstić information content (AvgIpc) is 3.31. The van der Waals surface area contributed by atoms with Crippen molar-refractivity contribution in [2.24, 2.45) is 0 Å². The Kier molecular flexibility index (Phi) is 5.93. The molecule has 1 aliphatic carbocycles. The van der Waals surface area contributed by atoms with E-state index in [-0.39, 0.29) is 23.3 Å². The second kappa shape index (κ2) is 8.81. The zero-order chi connectivity index (χ0) is 22.6. The second-order valence-electron chi connectivity index (χ2n) is 7.64. The second-order valence-corrected chi connectivity index (χ2v) is 9.90. The standard InChI is InChI=1S/C26H21NO4S/c27-19-26(32(29,30)23-14-8-3-9-15-23)17-16-22(18-26)25(28)31-24(20-10-4-1-5-11-20)21-12-6-2-7-13-21/h1-16,24H,17-18H2/t26-/m1/s1. The number of carbonyl (C=O) groups is 1. The van der Waals surface area contributed by atoms with Crippen LogP contribution in [0.15, 0.2) is 108 Å². The molecule has 3 aromatic rings. The van der Waals surface area contributed by atoms with Crippen molar-refractivity contribution >= 4 is 15.8 Å². The summed E-state index contributed by atoms with van der Waals surface area (Å²) in [6, 6.07) is 28.5. The SMILES string of the molecule is N#C[C@@]1(S(=O)(=O)c2ccccc2)CC=C(C(=O)OC(c2ccccc2)c2ccccc2)C1. The number of nitrogens with zero attached hydrogens (tertiary/aromatic N) is 1. The minimum absolute atomic E-state index is 0.0630. The highest BCUT2D eigenvalue weighted by Crippen LogP contribution is 2.40. The number of ether oxygens (including phenoxy) is 1. The van der Waals surface area contributed by atoms with E-state index in [1.807, 2.05) is 66.7 Å². The summed E-state index contributed by atoms with van der Waals surface area (Å²) in [6.07, 6.45) is 0.593. The molecule has 6 heteroatoms. The van der Waals surface area contributed by atoms with E-state index in [1.54, 1.807) is 18.2 Å². The normalized spacial score (nSPS) is 18.1. The third-order valence-corrected chi connectivity index (χ3v) is 7.94. The van der Waals surface area contributed by atoms with Gasteiger partial charge >= 0.3 is 5.97 Å². The Morgan fingerprint density at radius 2 is 1.38 bits per heavy atom. The Bertz CT molecular complexity index is 1240. The minimum Gasteiger partial charge on any atom is -0.449 e. The Hall–Kier alpha value is -3.69. The van der Waals surface area contributed by atoms with Crippen molar-refractivity contribution in [1.82, 2.24) is 0 Å². The zero-order valence-corrected chi connectivity index (χ0v) is 18.0. The van der Waals surface area contributed by atoms with Crippen LogP contribution in [0, 0.1) is 11.3 Å². The van der Waals surface area contributed by atoms with Crippen molar-refractivity contribution in [2.75, 3.05) is 0 Å². The van der Waals surface area contributed by atoms with Crippen LogP contribution in [-0.4, -0.2) is 19.1 Å². The Balaban J connectivity index is 1.59. The smallest absolute Gasteiger partial charge is 0.334 e. The van der Waals surface area contributed by atoms with E-state index in [0.29, 0.717) is 0 Å². The Labute approximate surface area is 187 Å². The summed E-state index contributed by atoms with van der Waals surface area (Å²) in [7, 11) is -3.97. The molecule has 4 rings (SSSR count). The molecular weight excluding hydrogens is 422 g/mol. The van der Waals surface area contributed by atoms with Gasteiger partial charge in [0, 0.05) is 12.0 Å². The lowest BCUT2D eigenvalue weighted by Crippen LogP contribution is -2.35. The van der Waals surface area contributed by atoms with Crippen LogP contribution in [0.25, 0.3) is 0 Å². The lowest BCUT2D eigenvalue weighted by atomic mass is 10.0. The summed E-state index contributed by atoms with van der Waals surface area (Å²) >= 11 is 0. The van der Waals surface area contributed by atoms with Crippen LogP contribution < -0.4 is 0 Å². The van der Waals surface area contributed by atoms with Gasteiger partial charge in [-0.1, -0.05) is 84.9 Å². The number of carbonyl (C=O) groups excluding carboxylic acids is 1. The fourth-order valence-electron chi connectivity index (χ4n) is 3.84. The molecular formula is C26H21NO4S. The highest BCUT2D eigenvalue weighted by atomic mass is 32.2.